The second-order valence-electron chi connectivity index (χ2n) is 10.4. The van der Waals surface area contributed by atoms with Crippen LogP contribution in [-0.2, 0) is 24.3 Å². The highest BCUT2D eigenvalue weighted by Crippen LogP contribution is 2.40. The molecule has 0 radical (unpaired) electrons. The summed E-state index contributed by atoms with van der Waals surface area (Å²) in [4.78, 5) is 30.5. The summed E-state index contributed by atoms with van der Waals surface area (Å²) < 4.78 is 31.5. The minimum Gasteiger partial charge on any atom is -0.507 e. The predicted octanol–water partition coefficient (Wildman–Crippen LogP) is 3.20. The van der Waals surface area contributed by atoms with E-state index in [4.69, 9.17) is 4.74 Å². The lowest BCUT2D eigenvalue weighted by atomic mass is 9.93. The van der Waals surface area contributed by atoms with Crippen molar-refractivity contribution in [3.8, 4) is 0 Å². The Balaban J connectivity index is 1.70. The fourth-order valence-electron chi connectivity index (χ4n) is 4.96. The number of Topliss-reactive ketones (excluding diaryl/α,β-unsaturated/α-hetero) is 1. The summed E-state index contributed by atoms with van der Waals surface area (Å²) in [7, 11) is -0.779. The van der Waals surface area contributed by atoms with Gasteiger partial charge in [-0.25, -0.2) is 12.7 Å². The van der Waals surface area contributed by atoms with Crippen LogP contribution in [0.3, 0.4) is 0 Å². The van der Waals surface area contributed by atoms with Gasteiger partial charge in [0, 0.05) is 45.8 Å². The number of carbonyl (C=O) groups excluding carboxylic acids is 2. The molecule has 39 heavy (non-hydrogen) atoms. The number of morpholine rings is 1. The number of hydrogen-bond donors (Lipinski definition) is 1. The number of nitrogens with zero attached hydrogens (tertiary/aromatic N) is 3. The number of rotatable bonds is 9. The molecule has 2 heterocycles. The van der Waals surface area contributed by atoms with Crippen molar-refractivity contribution >= 4 is 27.5 Å². The molecule has 1 N–H and O–H groups in total. The van der Waals surface area contributed by atoms with Crippen molar-refractivity contribution < 1.29 is 27.9 Å². The maximum atomic E-state index is 13.3. The number of hydrogen-bond acceptors (Lipinski definition) is 7. The van der Waals surface area contributed by atoms with Crippen LogP contribution < -0.4 is 0 Å². The summed E-state index contributed by atoms with van der Waals surface area (Å²) in [6.45, 7) is 8.34. The highest BCUT2D eigenvalue weighted by atomic mass is 32.2. The molecule has 2 saturated heterocycles. The Morgan fingerprint density at radius 2 is 1.62 bits per heavy atom. The number of aliphatic hydroxyl groups excluding tert-OH is 1. The first-order chi connectivity index (χ1) is 18.5. The summed E-state index contributed by atoms with van der Waals surface area (Å²) >= 11 is 0. The molecular weight excluding hydrogens is 518 g/mol. The van der Waals surface area contributed by atoms with Crippen molar-refractivity contribution in [1.29, 1.82) is 0 Å². The third-order valence-electron chi connectivity index (χ3n) is 7.34. The second-order valence-corrected chi connectivity index (χ2v) is 12.6. The van der Waals surface area contributed by atoms with E-state index in [2.05, 4.69) is 18.7 Å². The van der Waals surface area contributed by atoms with Crippen LogP contribution in [0.1, 0.15) is 48.9 Å². The Morgan fingerprint density at radius 3 is 2.18 bits per heavy atom. The van der Waals surface area contributed by atoms with E-state index in [1.165, 1.54) is 38.4 Å². The van der Waals surface area contributed by atoms with Crippen LogP contribution in [0.25, 0.3) is 5.76 Å². The summed E-state index contributed by atoms with van der Waals surface area (Å²) in [5.41, 5.74) is 2.13. The molecule has 0 saturated carbocycles. The third-order valence-corrected chi connectivity index (χ3v) is 9.17. The molecule has 9 nitrogen and oxygen atoms in total. The average molecular weight is 556 g/mol. The molecule has 210 valence electrons. The highest BCUT2D eigenvalue weighted by Gasteiger charge is 2.45. The molecule has 0 aliphatic carbocycles. The molecular formula is C29H37N3O6S. The van der Waals surface area contributed by atoms with E-state index in [-0.39, 0.29) is 21.8 Å². The van der Waals surface area contributed by atoms with Gasteiger partial charge in [-0.2, -0.15) is 0 Å². The zero-order valence-corrected chi connectivity index (χ0v) is 23.8. The molecule has 2 aromatic carbocycles. The van der Waals surface area contributed by atoms with Crippen LogP contribution in [0.2, 0.25) is 0 Å². The van der Waals surface area contributed by atoms with Crippen molar-refractivity contribution in [2.75, 3.05) is 53.5 Å². The molecule has 2 fully saturated rings. The van der Waals surface area contributed by atoms with Gasteiger partial charge in [-0.1, -0.05) is 38.1 Å². The lowest BCUT2D eigenvalue weighted by Crippen LogP contribution is -2.38. The zero-order valence-electron chi connectivity index (χ0n) is 23.0. The predicted molar refractivity (Wildman–Crippen MR) is 149 cm³/mol. The van der Waals surface area contributed by atoms with Gasteiger partial charge in [0.2, 0.25) is 10.0 Å². The van der Waals surface area contributed by atoms with Gasteiger partial charge in [0.25, 0.3) is 11.7 Å². The second kappa shape index (κ2) is 12.0. The van der Waals surface area contributed by atoms with Crippen LogP contribution in [0, 0.1) is 0 Å². The van der Waals surface area contributed by atoms with E-state index < -0.39 is 27.8 Å². The molecule has 0 aromatic heterocycles. The molecule has 1 atom stereocenters. The Morgan fingerprint density at radius 1 is 1.00 bits per heavy atom. The lowest BCUT2D eigenvalue weighted by Gasteiger charge is -2.29. The maximum absolute atomic E-state index is 13.3. The highest BCUT2D eigenvalue weighted by molar-refractivity contribution is 7.89. The van der Waals surface area contributed by atoms with Gasteiger partial charge in [-0.3, -0.25) is 14.5 Å². The van der Waals surface area contributed by atoms with Crippen molar-refractivity contribution in [1.82, 2.24) is 14.1 Å². The zero-order chi connectivity index (χ0) is 28.3. The number of benzene rings is 2. The molecule has 2 aromatic rings. The number of likely N-dealkylation sites (tertiary alicyclic amines) is 1. The van der Waals surface area contributed by atoms with Gasteiger partial charge in [-0.05, 0) is 47.7 Å². The largest absolute Gasteiger partial charge is 0.507 e. The van der Waals surface area contributed by atoms with Crippen LogP contribution in [0.4, 0.5) is 0 Å². The number of aliphatic hydroxyl groups is 1. The minimum absolute atomic E-state index is 0.00638. The van der Waals surface area contributed by atoms with Gasteiger partial charge in [0.15, 0.2) is 0 Å². The summed E-state index contributed by atoms with van der Waals surface area (Å²) in [6, 6.07) is 12.7. The van der Waals surface area contributed by atoms with Gasteiger partial charge >= 0.3 is 0 Å². The molecule has 2 aliphatic heterocycles. The maximum Gasteiger partial charge on any atom is 0.295 e. The number of ketones is 1. The monoisotopic (exact) mass is 555 g/mol. The Bertz CT molecular complexity index is 1330. The molecule has 10 heteroatoms. The van der Waals surface area contributed by atoms with Crippen molar-refractivity contribution in [3.63, 3.8) is 0 Å². The summed E-state index contributed by atoms with van der Waals surface area (Å²) in [5, 5.41) is 11.3. The molecule has 1 amide bonds. The number of sulfonamides is 1. The van der Waals surface area contributed by atoms with Gasteiger partial charge < -0.3 is 14.7 Å². The van der Waals surface area contributed by atoms with Gasteiger partial charge in [-0.15, -0.1) is 0 Å². The van der Waals surface area contributed by atoms with Crippen molar-refractivity contribution in [2.45, 2.75) is 37.1 Å². The first-order valence-electron chi connectivity index (χ1n) is 13.2. The van der Waals surface area contributed by atoms with Crippen LogP contribution in [0.15, 0.2) is 59.0 Å². The average Bonchev–Trinajstić information content (AvgIpc) is 3.18. The Labute approximate surface area is 230 Å². The standard InChI is InChI=1S/C29H37N3O6S/c1-20(2)21-6-8-22(9-7-21)26-25(27(33)23-10-12-24(13-11-23)39(36,37)30(3)4)28(34)29(35)32(26)15-5-14-31-16-18-38-19-17-31/h6-13,20,26,33H,5,14-19H2,1-4H3/t26-/m0/s1. The van der Waals surface area contributed by atoms with Crippen LogP contribution in [-0.4, -0.2) is 92.8 Å². The quantitative estimate of drug-likeness (QED) is 0.288. The topological polar surface area (TPSA) is 107 Å². The molecule has 0 unspecified atom stereocenters. The van der Waals surface area contributed by atoms with Gasteiger partial charge in [0.05, 0.1) is 29.7 Å². The van der Waals surface area contributed by atoms with Crippen molar-refractivity contribution in [3.05, 3.63) is 70.8 Å². The lowest BCUT2D eigenvalue weighted by molar-refractivity contribution is -0.140. The number of carbonyl (C=O) groups is 2. The normalized spacial score (nSPS) is 20.4. The first-order valence-corrected chi connectivity index (χ1v) is 14.7. The SMILES string of the molecule is CC(C)c1ccc([C@H]2C(=C(O)c3ccc(S(=O)(=O)N(C)C)cc3)C(=O)C(=O)N2CCCN2CCOCC2)cc1. The van der Waals surface area contributed by atoms with Crippen molar-refractivity contribution in [2.24, 2.45) is 0 Å². The first kappa shape index (κ1) is 28.9. The van der Waals surface area contributed by atoms with E-state index in [0.29, 0.717) is 32.1 Å². The van der Waals surface area contributed by atoms with Crippen LogP contribution in [0.5, 0.6) is 0 Å². The van der Waals surface area contributed by atoms with E-state index >= 15 is 0 Å². The summed E-state index contributed by atoms with van der Waals surface area (Å²) in [5.74, 6) is -1.41. The number of ether oxygens (including phenoxy) is 1. The minimum atomic E-state index is -3.66. The fraction of sp³-hybridized carbons (Fsp3) is 0.448. The van der Waals surface area contributed by atoms with E-state index in [0.717, 1.165) is 35.1 Å². The van der Waals surface area contributed by atoms with E-state index in [1.807, 2.05) is 24.3 Å². The summed E-state index contributed by atoms with van der Waals surface area (Å²) in [6.07, 6.45) is 0.671. The van der Waals surface area contributed by atoms with Crippen LogP contribution >= 0.6 is 0 Å². The third kappa shape index (κ3) is 6.09. The van der Waals surface area contributed by atoms with Gasteiger partial charge in [0.1, 0.15) is 5.76 Å². The molecule has 2 aliphatic rings. The Kier molecular flexibility index (Phi) is 8.90. The van der Waals surface area contributed by atoms with E-state index in [1.54, 1.807) is 4.90 Å². The molecule has 0 bridgehead atoms. The fourth-order valence-corrected chi connectivity index (χ4v) is 5.86. The molecule has 0 spiro atoms. The molecule has 4 rings (SSSR count). The Hall–Kier alpha value is -3.05. The van der Waals surface area contributed by atoms with E-state index in [9.17, 15) is 23.1 Å². The smallest absolute Gasteiger partial charge is 0.295 e. The number of amides is 1.